The molecule has 2 aliphatic heterocycles. The predicted molar refractivity (Wildman–Crippen MR) is 90.6 cm³/mol. The minimum absolute atomic E-state index is 0.204. The van der Waals surface area contributed by atoms with Crippen molar-refractivity contribution < 1.29 is 4.79 Å². The lowest BCUT2D eigenvalue weighted by Gasteiger charge is -2.38. The van der Waals surface area contributed by atoms with Crippen molar-refractivity contribution in [1.29, 1.82) is 0 Å². The van der Waals surface area contributed by atoms with Gasteiger partial charge in [0.2, 0.25) is 0 Å². The van der Waals surface area contributed by atoms with Crippen LogP contribution in [0.3, 0.4) is 0 Å². The minimum Gasteiger partial charge on any atom is -0.303 e. The van der Waals surface area contributed by atoms with E-state index in [2.05, 4.69) is 30.7 Å². The Morgan fingerprint density at radius 1 is 1.05 bits per heavy atom. The summed E-state index contributed by atoms with van der Waals surface area (Å²) in [6.07, 6.45) is 8.01. The molecule has 0 aromatic carbocycles. The van der Waals surface area contributed by atoms with Crippen molar-refractivity contribution in [3.63, 3.8) is 0 Å². The number of fused-ring (bicyclic) bond motifs is 2. The Labute approximate surface area is 132 Å². The van der Waals surface area contributed by atoms with Crippen LogP contribution in [0.5, 0.6) is 0 Å². The van der Waals surface area contributed by atoms with E-state index >= 15 is 0 Å². The van der Waals surface area contributed by atoms with Crippen molar-refractivity contribution in [2.75, 3.05) is 26.7 Å². The van der Waals surface area contributed by atoms with Gasteiger partial charge in [0.15, 0.2) is 0 Å². The lowest BCUT2D eigenvalue weighted by molar-refractivity contribution is -0.110. The Balaban J connectivity index is 0.000000383. The van der Waals surface area contributed by atoms with Gasteiger partial charge in [-0.1, -0.05) is 40.5 Å². The Bertz CT molecular complexity index is 277. The Morgan fingerprint density at radius 3 is 2.00 bits per heavy atom. The van der Waals surface area contributed by atoms with Gasteiger partial charge in [-0.15, -0.1) is 0 Å². The molecule has 2 atom stereocenters. The van der Waals surface area contributed by atoms with Crippen molar-refractivity contribution in [3.05, 3.63) is 0 Å². The number of likely N-dealkylation sites (tertiary alicyclic amines) is 1. The molecule has 21 heavy (non-hydrogen) atoms. The highest BCUT2D eigenvalue weighted by Gasteiger charge is 2.36. The average molecular weight is 296 g/mol. The van der Waals surface area contributed by atoms with E-state index in [4.69, 9.17) is 0 Å². The zero-order chi connectivity index (χ0) is 15.8. The van der Waals surface area contributed by atoms with Crippen LogP contribution in [0.1, 0.15) is 59.8 Å². The summed E-state index contributed by atoms with van der Waals surface area (Å²) in [6.45, 7) is 12.4. The lowest BCUT2D eigenvalue weighted by Crippen LogP contribution is -2.51. The molecule has 2 fully saturated rings. The number of hydrogen-bond acceptors (Lipinski definition) is 3. The minimum atomic E-state index is 0.204. The van der Waals surface area contributed by atoms with E-state index in [0.29, 0.717) is 0 Å². The van der Waals surface area contributed by atoms with E-state index < -0.39 is 0 Å². The number of aldehydes is 1. The highest BCUT2D eigenvalue weighted by atomic mass is 16.1. The summed E-state index contributed by atoms with van der Waals surface area (Å²) in [5.41, 5.74) is 0. The van der Waals surface area contributed by atoms with Crippen LogP contribution < -0.4 is 0 Å². The first-order valence-electron chi connectivity index (χ1n) is 8.83. The third-order valence-corrected chi connectivity index (χ3v) is 4.70. The van der Waals surface area contributed by atoms with Gasteiger partial charge in [-0.3, -0.25) is 4.90 Å². The van der Waals surface area contributed by atoms with Gasteiger partial charge in [0.25, 0.3) is 0 Å². The number of nitrogens with zero attached hydrogens (tertiary/aromatic N) is 2. The summed E-state index contributed by atoms with van der Waals surface area (Å²) in [5.74, 6) is 1.08. The maximum atomic E-state index is 9.50. The van der Waals surface area contributed by atoms with Gasteiger partial charge in [-0.2, -0.15) is 0 Å². The largest absolute Gasteiger partial charge is 0.303 e. The first kappa shape index (κ1) is 18.6. The molecule has 0 aliphatic carbocycles. The molecule has 0 N–H and O–H groups in total. The van der Waals surface area contributed by atoms with Crippen LogP contribution in [0.25, 0.3) is 0 Å². The Morgan fingerprint density at radius 2 is 1.57 bits per heavy atom. The van der Waals surface area contributed by atoms with Crippen LogP contribution in [0.15, 0.2) is 0 Å². The quantitative estimate of drug-likeness (QED) is 0.554. The summed E-state index contributed by atoms with van der Waals surface area (Å²) >= 11 is 0. The Kier molecular flexibility index (Phi) is 8.50. The van der Waals surface area contributed by atoms with Crippen molar-refractivity contribution in [2.45, 2.75) is 71.9 Å². The van der Waals surface area contributed by atoms with Crippen molar-refractivity contribution in [1.82, 2.24) is 9.80 Å². The van der Waals surface area contributed by atoms with Crippen LogP contribution in [0.4, 0.5) is 0 Å². The molecule has 0 saturated carbocycles. The van der Waals surface area contributed by atoms with Crippen LogP contribution >= 0.6 is 0 Å². The van der Waals surface area contributed by atoms with Crippen molar-refractivity contribution in [2.24, 2.45) is 11.8 Å². The summed E-state index contributed by atoms with van der Waals surface area (Å²) in [5, 5.41) is 0. The average Bonchev–Trinajstić information content (AvgIpc) is 2.66. The highest BCUT2D eigenvalue weighted by Crippen LogP contribution is 2.28. The molecular formula is C18H36N2O. The predicted octanol–water partition coefficient (Wildman–Crippen LogP) is 3.43. The normalized spacial score (nSPS) is 26.0. The fraction of sp³-hybridized carbons (Fsp3) is 0.944. The van der Waals surface area contributed by atoms with Gasteiger partial charge in [0.05, 0.1) is 0 Å². The summed E-state index contributed by atoms with van der Waals surface area (Å²) in [7, 11) is 2.32. The van der Waals surface area contributed by atoms with Gasteiger partial charge in [-0.05, 0) is 38.8 Å². The molecule has 0 unspecified atom stereocenters. The fourth-order valence-electron chi connectivity index (χ4n) is 3.27. The van der Waals surface area contributed by atoms with Gasteiger partial charge in [0.1, 0.15) is 6.29 Å². The van der Waals surface area contributed by atoms with Gasteiger partial charge in [-0.25, -0.2) is 0 Å². The standard InChI is InChI=1S/C14H28N2.C4H8O/c1-12(2)6-4-5-9-16-10-13-7-8-14(11-16)15(13)3;1-4(2)3-5/h12-14H,4-11H2,1-3H3;3-4H,1-2H3/t13-,14+;. The molecule has 0 amide bonds. The van der Waals surface area contributed by atoms with Crippen LogP contribution in [-0.2, 0) is 4.79 Å². The second-order valence-corrected chi connectivity index (χ2v) is 7.58. The van der Waals surface area contributed by atoms with Crippen LogP contribution in [0, 0.1) is 11.8 Å². The summed E-state index contributed by atoms with van der Waals surface area (Å²) in [4.78, 5) is 14.8. The van der Waals surface area contributed by atoms with E-state index in [1.165, 1.54) is 51.7 Å². The number of piperazine rings is 1. The number of unbranched alkanes of at least 4 members (excludes halogenated alkanes) is 1. The van der Waals surface area contributed by atoms with Crippen LogP contribution in [0.2, 0.25) is 0 Å². The fourth-order valence-corrected chi connectivity index (χ4v) is 3.27. The molecule has 0 spiro atoms. The topological polar surface area (TPSA) is 23.6 Å². The van der Waals surface area contributed by atoms with Crippen molar-refractivity contribution >= 4 is 6.29 Å². The molecular weight excluding hydrogens is 260 g/mol. The monoisotopic (exact) mass is 296 g/mol. The molecule has 2 aliphatic rings. The zero-order valence-corrected chi connectivity index (χ0v) is 14.8. The molecule has 2 saturated heterocycles. The molecule has 124 valence electrons. The summed E-state index contributed by atoms with van der Waals surface area (Å²) < 4.78 is 0. The second-order valence-electron chi connectivity index (χ2n) is 7.58. The third kappa shape index (κ3) is 6.92. The van der Waals surface area contributed by atoms with E-state index in [-0.39, 0.29) is 5.92 Å². The highest BCUT2D eigenvalue weighted by molar-refractivity contribution is 5.51. The summed E-state index contributed by atoms with van der Waals surface area (Å²) in [6, 6.07) is 1.73. The second kappa shape index (κ2) is 9.58. The van der Waals surface area contributed by atoms with Crippen molar-refractivity contribution in [3.8, 4) is 0 Å². The van der Waals surface area contributed by atoms with Gasteiger partial charge >= 0.3 is 0 Å². The number of carbonyl (C=O) groups is 1. The lowest BCUT2D eigenvalue weighted by atomic mass is 10.1. The molecule has 2 heterocycles. The number of likely N-dealkylation sites (N-methyl/N-ethyl adjacent to an activating group) is 1. The van der Waals surface area contributed by atoms with Gasteiger partial charge < -0.3 is 9.69 Å². The zero-order valence-electron chi connectivity index (χ0n) is 14.8. The van der Waals surface area contributed by atoms with E-state index in [9.17, 15) is 4.79 Å². The maximum absolute atomic E-state index is 9.50. The smallest absolute Gasteiger partial charge is 0.122 e. The first-order chi connectivity index (χ1) is 9.93. The van der Waals surface area contributed by atoms with E-state index in [1.54, 1.807) is 0 Å². The SMILES string of the molecule is CC(C)C=O.CC(C)CCCCN1C[C@H]2CC[C@@H](C1)N2C. The number of carbonyl (C=O) groups excluding carboxylic acids is 1. The maximum Gasteiger partial charge on any atom is 0.122 e. The number of rotatable bonds is 6. The number of hydrogen-bond donors (Lipinski definition) is 0. The molecule has 2 rings (SSSR count). The van der Waals surface area contributed by atoms with Gasteiger partial charge in [0, 0.05) is 31.1 Å². The third-order valence-electron chi connectivity index (χ3n) is 4.70. The molecule has 3 heteroatoms. The first-order valence-corrected chi connectivity index (χ1v) is 8.83. The van der Waals surface area contributed by atoms with E-state index in [0.717, 1.165) is 24.3 Å². The molecule has 0 aromatic heterocycles. The van der Waals surface area contributed by atoms with Crippen LogP contribution in [-0.4, -0.2) is 54.9 Å². The molecule has 0 radical (unpaired) electrons. The van der Waals surface area contributed by atoms with E-state index in [1.807, 2.05) is 13.8 Å². The molecule has 2 bridgehead atoms. The Hall–Kier alpha value is -0.410. The molecule has 0 aromatic rings. The molecule has 3 nitrogen and oxygen atoms in total.